The Labute approximate surface area is 145 Å². The summed E-state index contributed by atoms with van der Waals surface area (Å²) in [6, 6.07) is 5.82. The van der Waals surface area contributed by atoms with Crippen LogP contribution in [-0.4, -0.2) is 42.3 Å². The van der Waals surface area contributed by atoms with Gasteiger partial charge in [0, 0.05) is 17.8 Å². The zero-order valence-electron chi connectivity index (χ0n) is 13.5. The minimum Gasteiger partial charge on any atom is -0.447 e. The Hall–Kier alpha value is -1.95. The molecule has 0 radical (unpaired) electrons. The van der Waals surface area contributed by atoms with Crippen molar-refractivity contribution < 1.29 is 14.3 Å². The summed E-state index contributed by atoms with van der Waals surface area (Å²) in [6.45, 7) is 3.06. The van der Waals surface area contributed by atoms with Crippen LogP contribution < -0.4 is 10.2 Å². The van der Waals surface area contributed by atoms with Crippen LogP contribution >= 0.6 is 11.6 Å². The van der Waals surface area contributed by atoms with Gasteiger partial charge in [-0.05, 0) is 43.4 Å². The van der Waals surface area contributed by atoms with Crippen molar-refractivity contribution in [1.82, 2.24) is 4.90 Å². The summed E-state index contributed by atoms with van der Waals surface area (Å²) in [4.78, 5) is 27.8. The average Bonchev–Trinajstić information content (AvgIpc) is 2.94. The van der Waals surface area contributed by atoms with E-state index in [-0.39, 0.29) is 6.03 Å². The summed E-state index contributed by atoms with van der Waals surface area (Å²) in [5.74, 6) is 0.695. The topological polar surface area (TPSA) is 61.9 Å². The highest BCUT2D eigenvalue weighted by Crippen LogP contribution is 2.41. The van der Waals surface area contributed by atoms with E-state index >= 15 is 0 Å². The first-order valence-electron chi connectivity index (χ1n) is 8.36. The van der Waals surface area contributed by atoms with E-state index in [1.54, 1.807) is 18.2 Å². The maximum atomic E-state index is 12.6. The molecule has 1 aromatic rings. The van der Waals surface area contributed by atoms with Gasteiger partial charge < -0.3 is 15.0 Å². The smallest absolute Gasteiger partial charge is 0.414 e. The number of urea groups is 1. The molecule has 1 N–H and O–H groups in total. The molecule has 2 atom stereocenters. The number of cyclic esters (lactones) is 1. The van der Waals surface area contributed by atoms with Gasteiger partial charge in [-0.1, -0.05) is 18.5 Å². The standard InChI is InChI=1S/C17H20ClN3O3/c1-10-6-12-9-13(7-10)21(12)16(22)19-11-2-3-14(18)15(8-11)20-4-5-24-17(20)23/h2-3,8,10,12-13H,4-7,9H2,1H3,(H,19,22). The van der Waals surface area contributed by atoms with Crippen molar-refractivity contribution in [2.45, 2.75) is 38.3 Å². The lowest BCUT2D eigenvalue weighted by Crippen LogP contribution is -2.63. The summed E-state index contributed by atoms with van der Waals surface area (Å²) < 4.78 is 4.95. The lowest BCUT2D eigenvalue weighted by molar-refractivity contribution is -0.00601. The molecule has 7 heteroatoms. The molecule has 1 saturated carbocycles. The van der Waals surface area contributed by atoms with Gasteiger partial charge in [-0.2, -0.15) is 0 Å². The minimum atomic E-state index is -0.411. The zero-order valence-corrected chi connectivity index (χ0v) is 14.3. The summed E-state index contributed by atoms with van der Waals surface area (Å²) >= 11 is 6.20. The lowest BCUT2D eigenvalue weighted by atomic mass is 9.74. The maximum absolute atomic E-state index is 12.6. The Morgan fingerprint density at radius 1 is 1.29 bits per heavy atom. The van der Waals surface area contributed by atoms with Gasteiger partial charge >= 0.3 is 12.1 Å². The van der Waals surface area contributed by atoms with Crippen LogP contribution in [0.1, 0.15) is 26.2 Å². The minimum absolute atomic E-state index is 0.0691. The Bertz CT molecular complexity index is 684. The molecule has 5 rings (SSSR count). The van der Waals surface area contributed by atoms with Crippen LogP contribution in [0.4, 0.5) is 21.0 Å². The molecule has 3 saturated heterocycles. The van der Waals surface area contributed by atoms with Gasteiger partial charge in [0.1, 0.15) is 6.61 Å². The second-order valence-corrected chi connectivity index (χ2v) is 7.30. The van der Waals surface area contributed by atoms with Crippen molar-refractivity contribution in [2.24, 2.45) is 5.92 Å². The van der Waals surface area contributed by atoms with Crippen LogP contribution in [0.25, 0.3) is 0 Å². The summed E-state index contributed by atoms with van der Waals surface area (Å²) in [5.41, 5.74) is 1.20. The van der Waals surface area contributed by atoms with Gasteiger partial charge in [-0.25, -0.2) is 9.59 Å². The van der Waals surface area contributed by atoms with Gasteiger partial charge in [0.25, 0.3) is 0 Å². The molecule has 2 unspecified atom stereocenters. The molecule has 4 fully saturated rings. The average molecular weight is 350 g/mol. The highest BCUT2D eigenvalue weighted by molar-refractivity contribution is 6.34. The zero-order chi connectivity index (χ0) is 16.8. The number of halogens is 1. The predicted octanol–water partition coefficient (Wildman–Crippen LogP) is 3.70. The van der Waals surface area contributed by atoms with Crippen molar-refractivity contribution in [3.8, 4) is 0 Å². The summed E-state index contributed by atoms with van der Waals surface area (Å²) in [7, 11) is 0. The van der Waals surface area contributed by atoms with E-state index in [0.717, 1.165) is 19.3 Å². The second kappa shape index (κ2) is 5.84. The normalized spacial score (nSPS) is 28.4. The van der Waals surface area contributed by atoms with Crippen LogP contribution in [0, 0.1) is 5.92 Å². The fourth-order valence-electron chi connectivity index (χ4n) is 4.08. The number of amides is 3. The number of anilines is 2. The van der Waals surface area contributed by atoms with E-state index in [0.29, 0.717) is 47.6 Å². The van der Waals surface area contributed by atoms with E-state index < -0.39 is 6.09 Å². The molecule has 6 nitrogen and oxygen atoms in total. The van der Waals surface area contributed by atoms with Gasteiger partial charge in [-0.3, -0.25) is 4.90 Å². The Morgan fingerprint density at radius 2 is 2.04 bits per heavy atom. The molecule has 128 valence electrons. The highest BCUT2D eigenvalue weighted by Gasteiger charge is 2.46. The molecule has 3 amide bonds. The Kier molecular flexibility index (Phi) is 3.79. The fraction of sp³-hybridized carbons (Fsp3) is 0.529. The van der Waals surface area contributed by atoms with Crippen LogP contribution in [0.3, 0.4) is 0 Å². The number of nitrogens with one attached hydrogen (secondary N) is 1. The van der Waals surface area contributed by atoms with Crippen LogP contribution in [0.2, 0.25) is 5.02 Å². The molecular formula is C17H20ClN3O3. The number of hydrogen-bond acceptors (Lipinski definition) is 3. The molecule has 2 bridgehead atoms. The maximum Gasteiger partial charge on any atom is 0.414 e. The number of fused-ring (bicyclic) bond motifs is 2. The van der Waals surface area contributed by atoms with E-state index in [1.807, 2.05) is 4.90 Å². The van der Waals surface area contributed by atoms with Gasteiger partial charge in [0.15, 0.2) is 0 Å². The van der Waals surface area contributed by atoms with E-state index in [9.17, 15) is 9.59 Å². The first-order chi connectivity index (χ1) is 11.5. The summed E-state index contributed by atoms with van der Waals surface area (Å²) in [6.07, 6.45) is 2.86. The van der Waals surface area contributed by atoms with Crippen molar-refractivity contribution in [2.75, 3.05) is 23.4 Å². The van der Waals surface area contributed by atoms with Gasteiger partial charge in [0.05, 0.1) is 17.3 Å². The van der Waals surface area contributed by atoms with E-state index in [2.05, 4.69) is 12.2 Å². The molecule has 1 aliphatic carbocycles. The largest absolute Gasteiger partial charge is 0.447 e. The number of piperidine rings is 1. The number of rotatable bonds is 2. The third kappa shape index (κ3) is 2.59. The molecule has 24 heavy (non-hydrogen) atoms. The first kappa shape index (κ1) is 15.6. The first-order valence-corrected chi connectivity index (χ1v) is 8.74. The number of benzene rings is 1. The SMILES string of the molecule is CC1CC2CC(C1)N2C(=O)Nc1ccc(Cl)c(N2CCOC2=O)c1. The van der Waals surface area contributed by atoms with E-state index in [4.69, 9.17) is 16.3 Å². The molecule has 1 aromatic carbocycles. The number of carbonyl (C=O) groups is 2. The predicted molar refractivity (Wildman–Crippen MR) is 91.6 cm³/mol. The third-order valence-electron chi connectivity index (χ3n) is 5.16. The van der Waals surface area contributed by atoms with Gasteiger partial charge in [0.2, 0.25) is 0 Å². The Morgan fingerprint density at radius 3 is 2.71 bits per heavy atom. The monoisotopic (exact) mass is 349 g/mol. The highest BCUT2D eigenvalue weighted by atomic mass is 35.5. The van der Waals surface area contributed by atoms with E-state index in [1.165, 1.54) is 4.90 Å². The molecule has 4 aliphatic rings. The Balaban J connectivity index is 1.49. The number of ether oxygens (including phenoxy) is 1. The quantitative estimate of drug-likeness (QED) is 0.885. The molecule has 3 heterocycles. The molecule has 0 aromatic heterocycles. The molecule has 3 aliphatic heterocycles. The summed E-state index contributed by atoms with van der Waals surface area (Å²) in [5, 5.41) is 3.40. The van der Waals surface area contributed by atoms with Crippen LogP contribution in [-0.2, 0) is 4.74 Å². The molecule has 0 spiro atoms. The number of hydrogen-bond donors (Lipinski definition) is 1. The number of nitrogens with zero attached hydrogens (tertiary/aromatic N) is 2. The lowest BCUT2D eigenvalue weighted by Gasteiger charge is -2.54. The second-order valence-electron chi connectivity index (χ2n) is 6.89. The van der Waals surface area contributed by atoms with Crippen LogP contribution in [0.5, 0.6) is 0 Å². The van der Waals surface area contributed by atoms with Crippen molar-refractivity contribution in [3.63, 3.8) is 0 Å². The van der Waals surface area contributed by atoms with Crippen LogP contribution in [0.15, 0.2) is 18.2 Å². The van der Waals surface area contributed by atoms with Crippen molar-refractivity contribution in [3.05, 3.63) is 23.2 Å². The van der Waals surface area contributed by atoms with Gasteiger partial charge in [-0.15, -0.1) is 0 Å². The third-order valence-corrected chi connectivity index (χ3v) is 5.48. The van der Waals surface area contributed by atoms with Crippen molar-refractivity contribution >= 4 is 35.1 Å². The molecular weight excluding hydrogens is 330 g/mol. The fourth-order valence-corrected chi connectivity index (χ4v) is 4.29. The van der Waals surface area contributed by atoms with Crippen molar-refractivity contribution in [1.29, 1.82) is 0 Å². The number of carbonyl (C=O) groups excluding carboxylic acids is 2.